The molecule has 1 aromatic rings. The average Bonchev–Trinajstić information content (AvgIpc) is 2.76. The molecule has 1 saturated heterocycles. The van der Waals surface area contributed by atoms with Crippen LogP contribution in [-0.4, -0.2) is 35.4 Å². The topological polar surface area (TPSA) is 102 Å². The molecule has 0 radical (unpaired) electrons. The number of amides is 2. The molecule has 116 valence electrons. The number of carbonyl (C=O) groups is 3. The van der Waals surface area contributed by atoms with E-state index >= 15 is 0 Å². The Labute approximate surface area is 130 Å². The first-order valence-electron chi connectivity index (χ1n) is 6.36. The van der Waals surface area contributed by atoms with Gasteiger partial charge >= 0.3 is 5.97 Å². The number of hydrogen-bond acceptors (Lipinski definition) is 6. The average molecular weight is 323 g/mol. The van der Waals surface area contributed by atoms with Gasteiger partial charge in [-0.3, -0.25) is 14.9 Å². The van der Waals surface area contributed by atoms with Crippen LogP contribution in [0.25, 0.3) is 6.08 Å². The highest BCUT2D eigenvalue weighted by Gasteiger charge is 2.25. The van der Waals surface area contributed by atoms with Gasteiger partial charge in [0.2, 0.25) is 0 Å². The summed E-state index contributed by atoms with van der Waals surface area (Å²) in [5.41, 5.74) is 0.637. The number of nitrogens with one attached hydrogen (secondary N) is 1. The summed E-state index contributed by atoms with van der Waals surface area (Å²) in [7, 11) is 0. The van der Waals surface area contributed by atoms with Gasteiger partial charge in [-0.2, -0.15) is 0 Å². The Morgan fingerprint density at radius 1 is 1.32 bits per heavy atom. The zero-order chi connectivity index (χ0) is 16.1. The molecule has 22 heavy (non-hydrogen) atoms. The van der Waals surface area contributed by atoms with Crippen molar-refractivity contribution in [3.8, 4) is 11.5 Å². The number of carbonyl (C=O) groups excluding carboxylic acids is 2. The summed E-state index contributed by atoms with van der Waals surface area (Å²) in [6, 6.07) is 4.81. The van der Waals surface area contributed by atoms with E-state index in [0.717, 1.165) is 11.8 Å². The Morgan fingerprint density at radius 3 is 2.68 bits per heavy atom. The lowest BCUT2D eigenvalue weighted by molar-refractivity contribution is -0.139. The molecule has 0 unspecified atom stereocenters. The number of aliphatic carboxylic acids is 1. The van der Waals surface area contributed by atoms with Gasteiger partial charge in [-0.05, 0) is 42.5 Å². The first kappa shape index (κ1) is 15.9. The van der Waals surface area contributed by atoms with Crippen molar-refractivity contribution in [3.63, 3.8) is 0 Å². The van der Waals surface area contributed by atoms with Crippen LogP contribution < -0.4 is 14.8 Å². The van der Waals surface area contributed by atoms with Crippen LogP contribution in [0.4, 0.5) is 4.79 Å². The fourth-order valence-electron chi connectivity index (χ4n) is 1.71. The van der Waals surface area contributed by atoms with Crippen LogP contribution in [-0.2, 0) is 9.59 Å². The van der Waals surface area contributed by atoms with Crippen molar-refractivity contribution in [2.75, 3.05) is 13.2 Å². The maximum absolute atomic E-state index is 11.5. The number of ether oxygens (including phenoxy) is 2. The van der Waals surface area contributed by atoms with Gasteiger partial charge in [-0.15, -0.1) is 0 Å². The first-order valence-corrected chi connectivity index (χ1v) is 7.17. The highest BCUT2D eigenvalue weighted by Crippen LogP contribution is 2.31. The predicted octanol–water partition coefficient (Wildman–Crippen LogP) is 1.87. The molecule has 0 saturated carbocycles. The van der Waals surface area contributed by atoms with Crippen LogP contribution in [0.3, 0.4) is 0 Å². The number of hydrogen-bond donors (Lipinski definition) is 2. The molecule has 1 fully saturated rings. The molecule has 0 bridgehead atoms. The first-order chi connectivity index (χ1) is 10.5. The fourth-order valence-corrected chi connectivity index (χ4v) is 2.40. The summed E-state index contributed by atoms with van der Waals surface area (Å²) in [4.78, 5) is 33.5. The third kappa shape index (κ3) is 4.01. The summed E-state index contributed by atoms with van der Waals surface area (Å²) in [6.45, 7) is 1.68. The summed E-state index contributed by atoms with van der Waals surface area (Å²) in [5.74, 6) is -0.871. The Bertz CT molecular complexity index is 655. The number of imide groups is 1. The molecule has 2 N–H and O–H groups in total. The molecule has 0 aliphatic carbocycles. The Kier molecular flexibility index (Phi) is 5.05. The lowest BCUT2D eigenvalue weighted by atomic mass is 10.2. The van der Waals surface area contributed by atoms with E-state index in [1.165, 1.54) is 0 Å². The number of benzene rings is 1. The van der Waals surface area contributed by atoms with E-state index in [4.69, 9.17) is 14.6 Å². The van der Waals surface area contributed by atoms with Crippen molar-refractivity contribution in [1.29, 1.82) is 0 Å². The van der Waals surface area contributed by atoms with E-state index in [9.17, 15) is 14.4 Å². The van der Waals surface area contributed by atoms with Crippen molar-refractivity contribution < 1.29 is 29.0 Å². The van der Waals surface area contributed by atoms with Crippen LogP contribution in [0.15, 0.2) is 23.1 Å². The van der Waals surface area contributed by atoms with Gasteiger partial charge in [0.25, 0.3) is 11.1 Å². The summed E-state index contributed by atoms with van der Waals surface area (Å²) in [5, 5.41) is 10.4. The standard InChI is InChI=1S/C14H13NO6S/c1-2-20-10-5-8(3-4-9(10)21-7-12(16)17)6-11-13(18)15-14(19)22-11/h3-6H,2,7H2,1H3,(H,16,17)(H,15,18,19)/b11-6-. The van der Waals surface area contributed by atoms with Crippen LogP contribution in [0.2, 0.25) is 0 Å². The van der Waals surface area contributed by atoms with Gasteiger partial charge < -0.3 is 14.6 Å². The third-order valence-electron chi connectivity index (χ3n) is 2.56. The quantitative estimate of drug-likeness (QED) is 0.770. The van der Waals surface area contributed by atoms with Crippen LogP contribution in [0.1, 0.15) is 12.5 Å². The maximum atomic E-state index is 11.5. The maximum Gasteiger partial charge on any atom is 0.341 e. The van der Waals surface area contributed by atoms with Gasteiger partial charge in [0.15, 0.2) is 18.1 Å². The Morgan fingerprint density at radius 2 is 2.09 bits per heavy atom. The van der Waals surface area contributed by atoms with E-state index in [0.29, 0.717) is 23.7 Å². The predicted molar refractivity (Wildman–Crippen MR) is 79.8 cm³/mol. The largest absolute Gasteiger partial charge is 0.490 e. The third-order valence-corrected chi connectivity index (χ3v) is 3.37. The summed E-state index contributed by atoms with van der Waals surface area (Å²) < 4.78 is 10.5. The minimum absolute atomic E-state index is 0.284. The molecule has 2 amide bonds. The van der Waals surface area contributed by atoms with Crippen molar-refractivity contribution in [1.82, 2.24) is 5.32 Å². The molecular formula is C14H13NO6S. The van der Waals surface area contributed by atoms with Gasteiger partial charge in [-0.1, -0.05) is 6.07 Å². The molecule has 7 nitrogen and oxygen atoms in total. The van der Waals surface area contributed by atoms with Gasteiger partial charge in [-0.25, -0.2) is 4.79 Å². The van der Waals surface area contributed by atoms with Crippen LogP contribution in [0.5, 0.6) is 11.5 Å². The van der Waals surface area contributed by atoms with E-state index < -0.39 is 23.7 Å². The second-order valence-electron chi connectivity index (χ2n) is 4.17. The normalized spacial score (nSPS) is 15.8. The zero-order valence-corrected chi connectivity index (χ0v) is 12.4. The number of carboxylic acid groups (broad SMARTS) is 1. The summed E-state index contributed by atoms with van der Waals surface area (Å²) >= 11 is 0.818. The van der Waals surface area contributed by atoms with Gasteiger partial charge in [0.05, 0.1) is 11.5 Å². The monoisotopic (exact) mass is 323 g/mol. The van der Waals surface area contributed by atoms with E-state index in [2.05, 4.69) is 5.32 Å². The molecule has 1 aromatic carbocycles. The molecule has 8 heteroatoms. The molecule has 1 aliphatic heterocycles. The Hall–Kier alpha value is -2.48. The smallest absolute Gasteiger partial charge is 0.341 e. The van der Waals surface area contributed by atoms with Gasteiger partial charge in [0.1, 0.15) is 0 Å². The zero-order valence-electron chi connectivity index (χ0n) is 11.6. The molecular weight excluding hydrogens is 310 g/mol. The van der Waals surface area contributed by atoms with Crippen LogP contribution >= 0.6 is 11.8 Å². The van der Waals surface area contributed by atoms with Crippen LogP contribution in [0, 0.1) is 0 Å². The number of rotatable bonds is 6. The van der Waals surface area contributed by atoms with Crippen molar-refractivity contribution in [2.24, 2.45) is 0 Å². The fraction of sp³-hybridized carbons (Fsp3) is 0.214. The van der Waals surface area contributed by atoms with E-state index in [-0.39, 0.29) is 4.91 Å². The van der Waals surface area contributed by atoms with E-state index in [1.807, 2.05) is 0 Å². The van der Waals surface area contributed by atoms with Crippen molar-refractivity contribution >= 4 is 35.0 Å². The lowest BCUT2D eigenvalue weighted by Gasteiger charge is -2.11. The lowest BCUT2D eigenvalue weighted by Crippen LogP contribution is -2.17. The van der Waals surface area contributed by atoms with E-state index in [1.54, 1.807) is 31.2 Å². The molecule has 2 rings (SSSR count). The minimum atomic E-state index is -1.09. The summed E-state index contributed by atoms with van der Waals surface area (Å²) in [6.07, 6.45) is 1.55. The van der Waals surface area contributed by atoms with Crippen molar-refractivity contribution in [3.05, 3.63) is 28.7 Å². The molecule has 0 spiro atoms. The molecule has 1 heterocycles. The molecule has 0 aromatic heterocycles. The van der Waals surface area contributed by atoms with Crippen molar-refractivity contribution in [2.45, 2.75) is 6.92 Å². The molecule has 1 aliphatic rings. The van der Waals surface area contributed by atoms with Gasteiger partial charge in [0, 0.05) is 0 Å². The SMILES string of the molecule is CCOc1cc(/C=C2\SC(=O)NC2=O)ccc1OCC(=O)O. The number of carboxylic acids is 1. The minimum Gasteiger partial charge on any atom is -0.490 e. The highest BCUT2D eigenvalue weighted by atomic mass is 32.2. The second-order valence-corrected chi connectivity index (χ2v) is 5.19. The highest BCUT2D eigenvalue weighted by molar-refractivity contribution is 8.18. The Balaban J connectivity index is 2.25. The second kappa shape index (κ2) is 6.99. The molecule has 0 atom stereocenters. The number of thioether (sulfide) groups is 1.